The fourth-order valence-electron chi connectivity index (χ4n) is 2.94. The van der Waals surface area contributed by atoms with Gasteiger partial charge in [-0.05, 0) is 48.4 Å². The van der Waals surface area contributed by atoms with Crippen LogP contribution < -0.4 is 4.74 Å². The number of nitrogens with zero attached hydrogens (tertiary/aromatic N) is 3. The number of hydrogen-bond acceptors (Lipinski definition) is 4. The lowest BCUT2D eigenvalue weighted by atomic mass is 10.1. The summed E-state index contributed by atoms with van der Waals surface area (Å²) in [5.41, 5.74) is 2.78. The minimum Gasteiger partial charge on any atom is -0.497 e. The largest absolute Gasteiger partial charge is 0.497 e. The second-order valence-corrected chi connectivity index (χ2v) is 6.29. The minimum absolute atomic E-state index is 0.0982. The van der Waals surface area contributed by atoms with Crippen LogP contribution in [0.25, 0.3) is 10.9 Å². The van der Waals surface area contributed by atoms with Crippen LogP contribution in [0.1, 0.15) is 35.0 Å². The van der Waals surface area contributed by atoms with Crippen LogP contribution >= 0.6 is 0 Å². The predicted octanol–water partition coefficient (Wildman–Crippen LogP) is 4.17. The van der Waals surface area contributed by atoms with Gasteiger partial charge in [0, 0.05) is 18.5 Å². The number of benzene rings is 2. The quantitative estimate of drug-likeness (QED) is 0.662. The zero-order valence-corrected chi connectivity index (χ0v) is 15.5. The Balaban J connectivity index is 1.85. The van der Waals surface area contributed by atoms with Gasteiger partial charge in [-0.3, -0.25) is 4.79 Å². The molecule has 5 heteroatoms. The van der Waals surface area contributed by atoms with Gasteiger partial charge in [0.25, 0.3) is 5.91 Å². The average Bonchev–Trinajstić information content (AvgIpc) is 2.72. The van der Waals surface area contributed by atoms with Crippen molar-refractivity contribution < 1.29 is 9.53 Å². The number of methoxy groups -OCH3 is 1. The predicted molar refractivity (Wildman–Crippen MR) is 104 cm³/mol. The molecule has 0 saturated heterocycles. The highest BCUT2D eigenvalue weighted by molar-refractivity contribution is 5.95. The van der Waals surface area contributed by atoms with Crippen LogP contribution in [-0.4, -0.2) is 29.4 Å². The molecular formula is C22H21N3O2. The Labute approximate surface area is 158 Å². The molecular weight excluding hydrogens is 338 g/mol. The van der Waals surface area contributed by atoms with Crippen LogP contribution in [0.3, 0.4) is 0 Å². The number of ether oxygens (including phenoxy) is 1. The Hall–Kier alpha value is -3.39. The number of nitriles is 1. The third-order valence-electron chi connectivity index (χ3n) is 4.35. The van der Waals surface area contributed by atoms with E-state index in [-0.39, 0.29) is 5.91 Å². The van der Waals surface area contributed by atoms with E-state index < -0.39 is 0 Å². The topological polar surface area (TPSA) is 66.2 Å². The number of rotatable bonds is 6. The van der Waals surface area contributed by atoms with Crippen molar-refractivity contribution in [2.24, 2.45) is 0 Å². The first kappa shape index (κ1) is 18.4. The first-order chi connectivity index (χ1) is 13.1. The number of amides is 1. The summed E-state index contributed by atoms with van der Waals surface area (Å²) >= 11 is 0. The van der Waals surface area contributed by atoms with Crippen LogP contribution in [0.2, 0.25) is 0 Å². The van der Waals surface area contributed by atoms with Gasteiger partial charge >= 0.3 is 0 Å². The molecule has 0 bridgehead atoms. The smallest absolute Gasteiger partial charge is 0.272 e. The minimum atomic E-state index is -0.0982. The maximum absolute atomic E-state index is 13.0. The van der Waals surface area contributed by atoms with Crippen molar-refractivity contribution in [3.63, 3.8) is 0 Å². The molecule has 1 heterocycles. The summed E-state index contributed by atoms with van der Waals surface area (Å²) in [5.74, 6) is 0.663. The lowest BCUT2D eigenvalue weighted by Gasteiger charge is -2.22. The first-order valence-electron chi connectivity index (χ1n) is 8.87. The van der Waals surface area contributed by atoms with Crippen molar-refractivity contribution in [2.75, 3.05) is 13.7 Å². The van der Waals surface area contributed by atoms with Gasteiger partial charge < -0.3 is 9.64 Å². The van der Waals surface area contributed by atoms with Gasteiger partial charge in [-0.15, -0.1) is 0 Å². The van der Waals surface area contributed by atoms with Gasteiger partial charge in [-0.1, -0.05) is 25.1 Å². The van der Waals surface area contributed by atoms with Crippen LogP contribution in [0.4, 0.5) is 0 Å². The molecule has 0 fully saturated rings. The molecule has 0 aliphatic carbocycles. The average molecular weight is 359 g/mol. The van der Waals surface area contributed by atoms with Crippen LogP contribution in [0, 0.1) is 11.3 Å². The highest BCUT2D eigenvalue weighted by Crippen LogP contribution is 2.20. The van der Waals surface area contributed by atoms with Crippen LogP contribution in [0.5, 0.6) is 5.75 Å². The summed E-state index contributed by atoms with van der Waals surface area (Å²) in [4.78, 5) is 19.3. The highest BCUT2D eigenvalue weighted by atomic mass is 16.5. The molecule has 136 valence electrons. The molecule has 3 rings (SSSR count). The standard InChI is InChI=1S/C22H21N3O2/c1-3-12-25(15-17-6-4-16(14-23)5-7-17)22(26)21-10-8-18-13-19(27-2)9-11-20(18)24-21/h4-11,13H,3,12,15H2,1-2H3. The number of hydrogen-bond donors (Lipinski definition) is 0. The summed E-state index contributed by atoms with van der Waals surface area (Å²) in [6.45, 7) is 3.17. The Kier molecular flexibility index (Phi) is 5.68. The van der Waals surface area contributed by atoms with Crippen molar-refractivity contribution in [2.45, 2.75) is 19.9 Å². The molecule has 1 aromatic heterocycles. The Morgan fingerprint density at radius 3 is 2.59 bits per heavy atom. The molecule has 0 atom stereocenters. The van der Waals surface area contributed by atoms with E-state index in [4.69, 9.17) is 10.00 Å². The molecule has 2 aromatic carbocycles. The maximum Gasteiger partial charge on any atom is 0.272 e. The highest BCUT2D eigenvalue weighted by Gasteiger charge is 2.17. The normalized spacial score (nSPS) is 10.4. The van der Waals surface area contributed by atoms with Gasteiger partial charge in [0.15, 0.2) is 0 Å². The van der Waals surface area contributed by atoms with Gasteiger partial charge in [0.05, 0.1) is 24.3 Å². The first-order valence-corrected chi connectivity index (χ1v) is 8.87. The van der Waals surface area contributed by atoms with Crippen molar-refractivity contribution >= 4 is 16.8 Å². The fourth-order valence-corrected chi connectivity index (χ4v) is 2.94. The number of aromatic nitrogens is 1. The molecule has 0 saturated carbocycles. The van der Waals surface area contributed by atoms with Crippen molar-refractivity contribution in [3.05, 3.63) is 71.4 Å². The summed E-state index contributed by atoms with van der Waals surface area (Å²) in [5, 5.41) is 9.85. The molecule has 0 aliphatic heterocycles. The van der Waals surface area contributed by atoms with E-state index in [0.29, 0.717) is 24.3 Å². The number of carbonyl (C=O) groups excluding carboxylic acids is 1. The van der Waals surface area contributed by atoms with Gasteiger partial charge in [-0.25, -0.2) is 4.98 Å². The van der Waals surface area contributed by atoms with Gasteiger partial charge in [-0.2, -0.15) is 5.26 Å². The molecule has 27 heavy (non-hydrogen) atoms. The van der Waals surface area contributed by atoms with Crippen LogP contribution in [-0.2, 0) is 6.54 Å². The van der Waals surface area contributed by atoms with E-state index in [1.807, 2.05) is 43.3 Å². The number of pyridine rings is 1. The van der Waals surface area contributed by atoms with Crippen molar-refractivity contribution in [3.8, 4) is 11.8 Å². The third kappa shape index (κ3) is 4.24. The molecule has 0 spiro atoms. The number of carbonyl (C=O) groups is 1. The van der Waals surface area contributed by atoms with E-state index in [0.717, 1.165) is 28.6 Å². The Morgan fingerprint density at radius 2 is 1.93 bits per heavy atom. The number of fused-ring (bicyclic) bond motifs is 1. The molecule has 5 nitrogen and oxygen atoms in total. The summed E-state index contributed by atoms with van der Waals surface area (Å²) in [6.07, 6.45) is 0.854. The molecule has 0 aliphatic rings. The lowest BCUT2D eigenvalue weighted by Crippen LogP contribution is -2.31. The second-order valence-electron chi connectivity index (χ2n) is 6.29. The Bertz CT molecular complexity index is 991. The molecule has 0 radical (unpaired) electrons. The van der Waals surface area contributed by atoms with Gasteiger partial charge in [0.1, 0.15) is 11.4 Å². The zero-order chi connectivity index (χ0) is 19.2. The lowest BCUT2D eigenvalue weighted by molar-refractivity contribution is 0.0737. The maximum atomic E-state index is 13.0. The summed E-state index contributed by atoms with van der Waals surface area (Å²) in [7, 11) is 1.62. The van der Waals surface area contributed by atoms with Gasteiger partial charge in [0.2, 0.25) is 0 Å². The molecule has 3 aromatic rings. The second kappa shape index (κ2) is 8.33. The third-order valence-corrected chi connectivity index (χ3v) is 4.35. The summed E-state index contributed by atoms with van der Waals surface area (Å²) < 4.78 is 5.23. The van der Waals surface area contributed by atoms with E-state index in [1.54, 1.807) is 30.2 Å². The molecule has 1 amide bonds. The van der Waals surface area contributed by atoms with Crippen molar-refractivity contribution in [1.82, 2.24) is 9.88 Å². The molecule has 0 unspecified atom stereocenters. The van der Waals surface area contributed by atoms with E-state index in [1.165, 1.54) is 0 Å². The Morgan fingerprint density at radius 1 is 1.15 bits per heavy atom. The summed E-state index contributed by atoms with van der Waals surface area (Å²) in [6, 6.07) is 18.7. The molecule has 0 N–H and O–H groups in total. The fraction of sp³-hybridized carbons (Fsp3) is 0.227. The van der Waals surface area contributed by atoms with Crippen LogP contribution in [0.15, 0.2) is 54.6 Å². The SMILES string of the molecule is CCCN(Cc1ccc(C#N)cc1)C(=O)c1ccc2cc(OC)ccc2n1. The zero-order valence-electron chi connectivity index (χ0n) is 15.5. The van der Waals surface area contributed by atoms with E-state index >= 15 is 0 Å². The van der Waals surface area contributed by atoms with Crippen molar-refractivity contribution in [1.29, 1.82) is 5.26 Å². The van der Waals surface area contributed by atoms with E-state index in [2.05, 4.69) is 11.1 Å². The van der Waals surface area contributed by atoms with E-state index in [9.17, 15) is 4.79 Å². The monoisotopic (exact) mass is 359 g/mol.